The van der Waals surface area contributed by atoms with Gasteiger partial charge >= 0.3 is 0 Å². The lowest BCUT2D eigenvalue weighted by Crippen LogP contribution is -2.29. The minimum Gasteiger partial charge on any atom is -0.351 e. The van der Waals surface area contributed by atoms with Crippen LogP contribution in [0.3, 0.4) is 0 Å². The summed E-state index contributed by atoms with van der Waals surface area (Å²) in [6.07, 6.45) is 2.27. The Morgan fingerprint density at radius 2 is 2.07 bits per heavy atom. The lowest BCUT2D eigenvalue weighted by molar-refractivity contribution is -0.115. The van der Waals surface area contributed by atoms with E-state index in [-0.39, 0.29) is 18.0 Å². The standard InChI is InChI=1S/C23H24N4OS2/c1-4-20(28)25-17-10-9-16(13-14(17)2)27-22(19-11-8-15(3)30-19)21(26-23(27)29)18-7-5-6-12-24-18/h5-13,21-22H,4H2,1-3H3,(H,25,28)(H,26,29)/t21-,22-/m1/s1. The predicted molar refractivity (Wildman–Crippen MR) is 127 cm³/mol. The van der Waals surface area contributed by atoms with Crippen molar-refractivity contribution in [2.45, 2.75) is 39.3 Å². The average molecular weight is 437 g/mol. The molecule has 1 aliphatic rings. The SMILES string of the molecule is CCC(=O)Nc1ccc(N2C(=S)N[C@H](c3ccccn3)[C@H]2c2ccc(C)s2)cc1C. The molecule has 1 aromatic carbocycles. The summed E-state index contributed by atoms with van der Waals surface area (Å²) in [6, 6.07) is 16.3. The minimum atomic E-state index is -0.0449. The molecule has 0 spiro atoms. The van der Waals surface area contributed by atoms with E-state index in [1.54, 1.807) is 11.3 Å². The number of amides is 1. The monoisotopic (exact) mass is 436 g/mol. The van der Waals surface area contributed by atoms with E-state index in [1.807, 2.05) is 50.4 Å². The largest absolute Gasteiger partial charge is 0.351 e. The van der Waals surface area contributed by atoms with Crippen LogP contribution in [0.4, 0.5) is 11.4 Å². The number of carbonyl (C=O) groups excluding carboxylic acids is 1. The van der Waals surface area contributed by atoms with Crippen LogP contribution in [0.1, 0.15) is 46.4 Å². The first kappa shape index (κ1) is 20.5. The fourth-order valence-corrected chi connectivity index (χ4v) is 5.06. The number of pyridine rings is 1. The van der Waals surface area contributed by atoms with E-state index in [0.717, 1.165) is 22.6 Å². The van der Waals surface area contributed by atoms with Crippen LogP contribution in [0.15, 0.2) is 54.7 Å². The topological polar surface area (TPSA) is 57.3 Å². The quantitative estimate of drug-likeness (QED) is 0.533. The molecule has 0 bridgehead atoms. The summed E-state index contributed by atoms with van der Waals surface area (Å²) >= 11 is 7.55. The van der Waals surface area contributed by atoms with Crippen LogP contribution in [0, 0.1) is 13.8 Å². The second kappa shape index (κ2) is 8.53. The Kier molecular flexibility index (Phi) is 5.83. The van der Waals surface area contributed by atoms with Gasteiger partial charge in [-0.05, 0) is 74.1 Å². The summed E-state index contributed by atoms with van der Waals surface area (Å²) in [4.78, 5) is 21.1. The summed E-state index contributed by atoms with van der Waals surface area (Å²) in [5.41, 5.74) is 3.78. The van der Waals surface area contributed by atoms with Crippen LogP contribution in [0.5, 0.6) is 0 Å². The molecular weight excluding hydrogens is 412 g/mol. The molecule has 0 unspecified atom stereocenters. The molecule has 7 heteroatoms. The highest BCUT2D eigenvalue weighted by Gasteiger charge is 2.41. The second-order valence-corrected chi connectivity index (χ2v) is 9.05. The zero-order valence-corrected chi connectivity index (χ0v) is 18.8. The van der Waals surface area contributed by atoms with Gasteiger partial charge in [-0.25, -0.2) is 0 Å². The van der Waals surface area contributed by atoms with Crippen LogP contribution in [-0.4, -0.2) is 16.0 Å². The van der Waals surface area contributed by atoms with Gasteiger partial charge in [-0.1, -0.05) is 13.0 Å². The van der Waals surface area contributed by atoms with Crippen molar-refractivity contribution in [1.82, 2.24) is 10.3 Å². The molecule has 2 atom stereocenters. The van der Waals surface area contributed by atoms with E-state index < -0.39 is 0 Å². The molecule has 4 rings (SSSR count). The van der Waals surface area contributed by atoms with Crippen LogP contribution in [0.25, 0.3) is 0 Å². The highest BCUT2D eigenvalue weighted by atomic mass is 32.1. The van der Waals surface area contributed by atoms with Crippen molar-refractivity contribution in [3.8, 4) is 0 Å². The van der Waals surface area contributed by atoms with Gasteiger partial charge in [0.2, 0.25) is 5.91 Å². The molecule has 30 heavy (non-hydrogen) atoms. The van der Waals surface area contributed by atoms with E-state index in [1.165, 1.54) is 9.75 Å². The van der Waals surface area contributed by atoms with Crippen molar-refractivity contribution in [2.75, 3.05) is 10.2 Å². The number of aromatic nitrogens is 1. The maximum Gasteiger partial charge on any atom is 0.224 e. The van der Waals surface area contributed by atoms with Crippen molar-refractivity contribution >= 4 is 45.9 Å². The van der Waals surface area contributed by atoms with Crippen molar-refractivity contribution in [3.63, 3.8) is 0 Å². The number of anilines is 2. The van der Waals surface area contributed by atoms with Crippen LogP contribution >= 0.6 is 23.6 Å². The van der Waals surface area contributed by atoms with Crippen LogP contribution < -0.4 is 15.5 Å². The summed E-state index contributed by atoms with van der Waals surface area (Å²) in [6.45, 7) is 5.96. The van der Waals surface area contributed by atoms with Gasteiger partial charge < -0.3 is 15.5 Å². The van der Waals surface area contributed by atoms with Gasteiger partial charge in [-0.3, -0.25) is 9.78 Å². The van der Waals surface area contributed by atoms with E-state index in [2.05, 4.69) is 45.6 Å². The molecule has 0 aliphatic carbocycles. The Balaban J connectivity index is 1.74. The number of benzene rings is 1. The molecule has 1 aliphatic heterocycles. The predicted octanol–water partition coefficient (Wildman–Crippen LogP) is 5.29. The first-order valence-corrected chi connectivity index (χ1v) is 11.2. The number of nitrogens with one attached hydrogen (secondary N) is 2. The van der Waals surface area contributed by atoms with E-state index >= 15 is 0 Å². The Labute approximate surface area is 186 Å². The van der Waals surface area contributed by atoms with Crippen LogP contribution in [0.2, 0.25) is 0 Å². The fraction of sp³-hybridized carbons (Fsp3) is 0.261. The number of nitrogens with zero attached hydrogens (tertiary/aromatic N) is 2. The summed E-state index contributed by atoms with van der Waals surface area (Å²) < 4.78 is 0. The lowest BCUT2D eigenvalue weighted by atomic mass is 10.0. The van der Waals surface area contributed by atoms with Crippen LogP contribution in [-0.2, 0) is 4.79 Å². The Hall–Kier alpha value is -2.77. The maximum absolute atomic E-state index is 11.8. The highest BCUT2D eigenvalue weighted by molar-refractivity contribution is 7.80. The molecule has 3 heterocycles. The zero-order chi connectivity index (χ0) is 21.3. The van der Waals surface area contributed by atoms with Crippen molar-refractivity contribution in [3.05, 3.63) is 75.7 Å². The molecule has 0 saturated carbocycles. The molecular formula is C23H24N4OS2. The zero-order valence-electron chi connectivity index (χ0n) is 17.2. The molecule has 0 radical (unpaired) electrons. The maximum atomic E-state index is 11.8. The number of hydrogen-bond donors (Lipinski definition) is 2. The van der Waals surface area contributed by atoms with E-state index in [9.17, 15) is 4.79 Å². The van der Waals surface area contributed by atoms with Gasteiger partial charge in [0.05, 0.1) is 17.8 Å². The summed E-state index contributed by atoms with van der Waals surface area (Å²) in [5.74, 6) is 0.00589. The Morgan fingerprint density at radius 1 is 1.23 bits per heavy atom. The Bertz CT molecular complexity index is 1080. The van der Waals surface area contributed by atoms with Gasteiger partial charge in [-0.15, -0.1) is 11.3 Å². The normalized spacial score (nSPS) is 18.4. The summed E-state index contributed by atoms with van der Waals surface area (Å²) in [7, 11) is 0. The molecule has 1 fully saturated rings. The van der Waals surface area contributed by atoms with Gasteiger partial charge in [0, 0.05) is 33.7 Å². The fourth-order valence-electron chi connectivity index (χ4n) is 3.71. The third kappa shape index (κ3) is 3.95. The summed E-state index contributed by atoms with van der Waals surface area (Å²) in [5, 5.41) is 7.11. The first-order chi connectivity index (χ1) is 14.5. The van der Waals surface area contributed by atoms with Crippen molar-refractivity contribution in [2.24, 2.45) is 0 Å². The van der Waals surface area contributed by atoms with E-state index in [4.69, 9.17) is 12.2 Å². The number of thiocarbonyl (C=S) groups is 1. The second-order valence-electron chi connectivity index (χ2n) is 7.35. The molecule has 2 N–H and O–H groups in total. The molecule has 154 valence electrons. The minimum absolute atomic E-state index is 0.00147. The smallest absolute Gasteiger partial charge is 0.224 e. The van der Waals surface area contributed by atoms with Gasteiger partial charge in [0.25, 0.3) is 0 Å². The molecule has 1 saturated heterocycles. The van der Waals surface area contributed by atoms with Crippen molar-refractivity contribution in [1.29, 1.82) is 0 Å². The Morgan fingerprint density at radius 3 is 2.70 bits per heavy atom. The van der Waals surface area contributed by atoms with Gasteiger partial charge in [0.1, 0.15) is 0 Å². The van der Waals surface area contributed by atoms with Gasteiger partial charge in [-0.2, -0.15) is 0 Å². The third-order valence-corrected chi connectivity index (χ3v) is 6.62. The lowest BCUT2D eigenvalue weighted by Gasteiger charge is -2.27. The molecule has 1 amide bonds. The number of aryl methyl sites for hydroxylation is 2. The number of hydrogen-bond acceptors (Lipinski definition) is 4. The molecule has 5 nitrogen and oxygen atoms in total. The number of rotatable bonds is 5. The number of carbonyl (C=O) groups is 1. The first-order valence-electron chi connectivity index (χ1n) is 9.95. The molecule has 2 aromatic heterocycles. The van der Waals surface area contributed by atoms with Crippen molar-refractivity contribution < 1.29 is 4.79 Å². The van der Waals surface area contributed by atoms with E-state index in [0.29, 0.717) is 11.5 Å². The molecule has 3 aromatic rings. The third-order valence-electron chi connectivity index (χ3n) is 5.23. The average Bonchev–Trinajstić information content (AvgIpc) is 3.32. The van der Waals surface area contributed by atoms with Gasteiger partial charge in [0.15, 0.2) is 5.11 Å². The number of thiophene rings is 1. The highest BCUT2D eigenvalue weighted by Crippen LogP contribution is 2.44.